The number of carboxylic acid groups (broad SMARTS) is 1. The summed E-state index contributed by atoms with van der Waals surface area (Å²) in [5.74, 6) is -9.11. The van der Waals surface area contributed by atoms with E-state index in [-0.39, 0.29) is 202 Å². The van der Waals surface area contributed by atoms with Crippen LogP contribution in [0.2, 0.25) is 0 Å². The van der Waals surface area contributed by atoms with Gasteiger partial charge in [0.05, 0.1) is 64.3 Å². The molecule has 0 saturated heterocycles. The van der Waals surface area contributed by atoms with Crippen molar-refractivity contribution in [1.82, 2.24) is 28.7 Å². The number of nitrogen functional groups attached to an aromatic ring is 1. The smallest absolute Gasteiger partial charge is 1.00 e. The Morgan fingerprint density at radius 3 is 1.11 bits per heavy atom. The Bertz CT molecular complexity index is 6250. The van der Waals surface area contributed by atoms with Gasteiger partial charge in [-0.1, -0.05) is 111 Å². The minimum absolute atomic E-state index is 0. The molecule has 4 N–H and O–H groups in total. The summed E-state index contributed by atoms with van der Waals surface area (Å²) in [5, 5.41) is 12.0. The van der Waals surface area contributed by atoms with Crippen molar-refractivity contribution in [2.24, 2.45) is 21.1 Å². The maximum atomic E-state index is 14.2. The summed E-state index contributed by atoms with van der Waals surface area (Å²) >= 11 is 0. The molecule has 0 saturated carbocycles. The summed E-state index contributed by atoms with van der Waals surface area (Å²) in [6.45, 7) is 4.80. The summed E-state index contributed by atoms with van der Waals surface area (Å²) in [5.41, 5.74) is 8.43. The zero-order valence-corrected chi connectivity index (χ0v) is 70.2. The Hall–Kier alpha value is -12.9. The molecular formula is C88H77F3IKN8O19. The third-order valence-corrected chi connectivity index (χ3v) is 17.9. The summed E-state index contributed by atoms with van der Waals surface area (Å²) in [6.07, 6.45) is 4.19. The fraction of sp³-hybridized carbons (Fsp3) is 0.159. The van der Waals surface area contributed by atoms with Gasteiger partial charge < -0.3 is 59.1 Å². The van der Waals surface area contributed by atoms with Crippen LogP contribution in [0.5, 0.6) is 17.2 Å². The first-order chi connectivity index (χ1) is 56.2. The van der Waals surface area contributed by atoms with Gasteiger partial charge in [0, 0.05) is 58.3 Å². The molecule has 13 rings (SSSR count). The van der Waals surface area contributed by atoms with E-state index in [0.29, 0.717) is 45.3 Å². The molecule has 6 heterocycles. The van der Waals surface area contributed by atoms with Gasteiger partial charge in [-0.3, -0.25) is 34.7 Å². The summed E-state index contributed by atoms with van der Waals surface area (Å²) < 4.78 is 82.0. The maximum absolute atomic E-state index is 14.2. The van der Waals surface area contributed by atoms with E-state index in [1.807, 2.05) is 30.3 Å². The first-order valence-corrected chi connectivity index (χ1v) is 36.0. The monoisotopic (exact) mass is 1770 g/mol. The number of carbonyl (C=O) groups excluding carboxylic acids is 7. The second-order valence-corrected chi connectivity index (χ2v) is 25.7. The van der Waals surface area contributed by atoms with E-state index in [2.05, 4.69) is 20.3 Å². The van der Waals surface area contributed by atoms with E-state index < -0.39 is 98.7 Å². The molecule has 32 heteroatoms. The van der Waals surface area contributed by atoms with Gasteiger partial charge in [0.2, 0.25) is 0 Å². The van der Waals surface area contributed by atoms with Crippen LogP contribution in [0.25, 0.3) is 33.1 Å². The molecule has 612 valence electrons. The van der Waals surface area contributed by atoms with Crippen LogP contribution >= 0.6 is 24.0 Å². The topological polar surface area (TPSA) is 364 Å². The number of pyridine rings is 6. The summed E-state index contributed by atoms with van der Waals surface area (Å²) in [4.78, 5) is 154. The number of carbonyl (C=O) groups is 8. The molecule has 0 fully saturated rings. The van der Waals surface area contributed by atoms with Crippen molar-refractivity contribution in [3.05, 3.63) is 339 Å². The number of carboxylic acids is 1. The van der Waals surface area contributed by atoms with Gasteiger partial charge in [0.1, 0.15) is 40.6 Å². The van der Waals surface area contributed by atoms with Gasteiger partial charge in [-0.25, -0.2) is 51.5 Å². The van der Waals surface area contributed by atoms with Crippen molar-refractivity contribution in [3.63, 3.8) is 0 Å². The van der Waals surface area contributed by atoms with E-state index in [0.717, 1.165) is 17.7 Å². The van der Waals surface area contributed by atoms with E-state index in [4.69, 9.17) is 38.9 Å². The minimum atomic E-state index is -1.29. The van der Waals surface area contributed by atoms with Gasteiger partial charge in [-0.15, -0.1) is 24.0 Å². The van der Waals surface area contributed by atoms with Gasteiger partial charge in [-0.05, 0) is 157 Å². The second-order valence-electron chi connectivity index (χ2n) is 25.7. The predicted octanol–water partition coefficient (Wildman–Crippen LogP) is 11.6. The van der Waals surface area contributed by atoms with Gasteiger partial charge in [-0.2, -0.15) is 0 Å². The standard InChI is InChI=1S/C34H28FN3O7.C27H21FN2O7.C26H22FN3O5.CH4.HI.K.H/c1-3-43-33(41)28-30(45-32(40)23-12-8-5-9-13-23)29-27(38(2)31(28)39)17-22(19-36-29)16-24-14-15-25(35)18-26(24)37-34(42)44-20-21-10-6-4-7-11-21;1-3-36-27(35)21-23(37-26(34)16-7-5-4-6-8-16)22-20(30(2)24(21)31)12-15(14-29-22)11-17-9-10-18(28)13-19(17)25(32)33;1-3-34-26(33)21-23(35-25(32)16-7-5-4-6-8-16)22-20(30(2)24(21)31)12-15(14-29-22)11-17-9-10-18(27)13-19(17)28;;;;/h4-15,17-19H,3,16,20H2,1-2H3,(H,37,42);4-10,12-14H,3,11H2,1-2H3,(H,32,33);4-10,12-14H,3,11,28H2,1-2H3;1H4;1H;;/q;;;;;+1;-1. The first kappa shape index (κ1) is 92.6. The van der Waals surface area contributed by atoms with Gasteiger partial charge in [0.25, 0.3) is 16.7 Å². The number of nitrogens with two attached hydrogens (primary N) is 1. The molecule has 27 nitrogen and oxygen atoms in total. The van der Waals surface area contributed by atoms with E-state index in [1.54, 1.807) is 112 Å². The number of aryl methyl sites for hydroxylation is 3. The molecule has 0 atom stereocenters. The number of nitrogens with zero attached hydrogens (tertiary/aromatic N) is 6. The zero-order chi connectivity index (χ0) is 83.7. The van der Waals surface area contributed by atoms with Crippen molar-refractivity contribution < 1.29 is 143 Å². The van der Waals surface area contributed by atoms with E-state index in [9.17, 15) is 71.0 Å². The number of aromatic nitrogens is 6. The van der Waals surface area contributed by atoms with Crippen LogP contribution in [0.4, 0.5) is 29.3 Å². The molecule has 7 aromatic carbocycles. The number of ether oxygens (including phenoxy) is 7. The molecule has 0 bridgehead atoms. The Balaban J connectivity index is 0.000000248. The Kier molecular flexibility index (Phi) is 32.8. The van der Waals surface area contributed by atoms with E-state index in [1.165, 1.54) is 114 Å². The fourth-order valence-corrected chi connectivity index (χ4v) is 12.1. The Morgan fingerprint density at radius 2 is 0.750 bits per heavy atom. The molecule has 6 aromatic heterocycles. The molecule has 0 aliphatic heterocycles. The van der Waals surface area contributed by atoms with Crippen molar-refractivity contribution in [3.8, 4) is 17.2 Å². The predicted molar refractivity (Wildman–Crippen MR) is 446 cm³/mol. The SMILES string of the molecule is C.CCOC(=O)c1c(OC(=O)c2ccccc2)c2ncc(Cc3ccc(F)cc3C(=O)O)cc2n(C)c1=O.CCOC(=O)c1c(OC(=O)c2ccccc2)c2ncc(Cc3ccc(F)cc3N)cc2n(C)c1=O.CCOC(=O)c1c(OC(=O)c2ccccc2)c2ncc(Cc3ccc(F)cc3NC(=O)OCc3ccccc3)cc2n(C)c1=O.I.[H-].[K+]. The average molecular weight is 1770 g/mol. The quantitative estimate of drug-likeness (QED) is 0.0186. The largest absolute Gasteiger partial charge is 1.00 e. The Labute approximate surface area is 743 Å². The number of anilines is 2. The number of hydrogen-bond donors (Lipinski definition) is 3. The van der Waals surface area contributed by atoms with Crippen molar-refractivity contribution in [2.75, 3.05) is 30.9 Å². The molecule has 0 radical (unpaired) electrons. The van der Waals surface area contributed by atoms with Crippen LogP contribution in [0.3, 0.4) is 0 Å². The molecule has 0 aliphatic rings. The van der Waals surface area contributed by atoms with Crippen LogP contribution in [0.1, 0.15) is 141 Å². The fourth-order valence-electron chi connectivity index (χ4n) is 12.1. The summed E-state index contributed by atoms with van der Waals surface area (Å²) in [6, 6.07) is 49.8. The number of aromatic carboxylic acids is 1. The number of fused-ring (bicyclic) bond motifs is 3. The van der Waals surface area contributed by atoms with Crippen LogP contribution in [0.15, 0.2) is 227 Å². The number of hydrogen-bond acceptors (Lipinski definition) is 22. The van der Waals surface area contributed by atoms with E-state index >= 15 is 0 Å². The number of nitrogens with one attached hydrogen (secondary N) is 1. The van der Waals surface area contributed by atoms with Crippen LogP contribution in [-0.2, 0) is 66.0 Å². The van der Waals surface area contributed by atoms with Crippen molar-refractivity contribution in [1.29, 1.82) is 0 Å². The van der Waals surface area contributed by atoms with Crippen LogP contribution in [0, 0.1) is 17.5 Å². The zero-order valence-electron chi connectivity index (χ0n) is 65.8. The van der Waals surface area contributed by atoms with Crippen molar-refractivity contribution in [2.45, 2.75) is 54.1 Å². The molecule has 1 amide bonds. The maximum Gasteiger partial charge on any atom is 1.00 e. The molecule has 0 unspecified atom stereocenters. The molecule has 120 heavy (non-hydrogen) atoms. The van der Waals surface area contributed by atoms with Crippen LogP contribution < -0.4 is 93.3 Å². The third kappa shape index (κ3) is 22.1. The molecule has 0 aliphatic carbocycles. The van der Waals surface area contributed by atoms with Crippen LogP contribution in [-0.4, -0.2) is 101 Å². The second kappa shape index (κ2) is 42.5. The van der Waals surface area contributed by atoms with Gasteiger partial charge in [0.15, 0.2) is 33.9 Å². The van der Waals surface area contributed by atoms with Crippen molar-refractivity contribution >= 4 is 116 Å². The first-order valence-electron chi connectivity index (χ1n) is 36.0. The molecule has 13 aromatic rings. The van der Waals surface area contributed by atoms with Gasteiger partial charge >= 0.3 is 99.3 Å². The number of esters is 6. The molecular weight excluding hydrogens is 1700 g/mol. The normalized spacial score (nSPS) is 10.5. The third-order valence-electron chi connectivity index (χ3n) is 17.9. The molecule has 0 spiro atoms. The number of halogens is 4. The number of amides is 1. The number of benzene rings is 7. The summed E-state index contributed by atoms with van der Waals surface area (Å²) in [7, 11) is 4.35. The Morgan fingerprint density at radius 1 is 0.425 bits per heavy atom. The number of rotatable bonds is 22. The minimum Gasteiger partial charge on any atom is -1.00 e. The average Bonchev–Trinajstić information content (AvgIpc) is 0.763.